The van der Waals surface area contributed by atoms with E-state index in [0.29, 0.717) is 33.9 Å². The lowest BCUT2D eigenvalue weighted by Crippen LogP contribution is -2.44. The van der Waals surface area contributed by atoms with Crippen LogP contribution in [0.1, 0.15) is 73.6 Å². The minimum absolute atomic E-state index is 0.0690. The molecule has 2 aliphatic rings. The van der Waals surface area contributed by atoms with E-state index in [0.717, 1.165) is 32.1 Å². The van der Waals surface area contributed by atoms with Crippen molar-refractivity contribution in [3.8, 4) is 17.0 Å². The molecule has 2 saturated carbocycles. The standard InChI is InChI=1S/C32H33F3N4O5/c1-3-18-14-20(13-17(2)27(18)38-31-36-15-23-21(30(40)41)8-6-9-25(23)37-31)42-16-24-28(39-44-29(24)19-11-12-19)22-7-4-5-10-26(22)43-32(33,34)35/h4-10,15,17-20,27H,3,11-14,16H2,1-2H3,(H,40,41)(H,36,37,38). The lowest BCUT2D eigenvalue weighted by Gasteiger charge is -2.40. The smallest absolute Gasteiger partial charge is 0.478 e. The molecule has 232 valence electrons. The van der Waals surface area contributed by atoms with Crippen molar-refractivity contribution >= 4 is 22.8 Å². The second-order valence-corrected chi connectivity index (χ2v) is 11.6. The van der Waals surface area contributed by atoms with Crippen LogP contribution in [0.5, 0.6) is 5.75 Å². The van der Waals surface area contributed by atoms with Gasteiger partial charge in [-0.1, -0.05) is 43.6 Å². The van der Waals surface area contributed by atoms with Crippen LogP contribution in [0.3, 0.4) is 0 Å². The Morgan fingerprint density at radius 2 is 1.93 bits per heavy atom. The summed E-state index contributed by atoms with van der Waals surface area (Å²) in [4.78, 5) is 20.6. The quantitative estimate of drug-likeness (QED) is 0.187. The highest BCUT2D eigenvalue weighted by Gasteiger charge is 2.38. The van der Waals surface area contributed by atoms with E-state index in [4.69, 9.17) is 9.26 Å². The van der Waals surface area contributed by atoms with Crippen LogP contribution in [0.2, 0.25) is 0 Å². The van der Waals surface area contributed by atoms with Gasteiger partial charge in [-0.3, -0.25) is 0 Å². The first-order chi connectivity index (χ1) is 21.1. The molecule has 0 radical (unpaired) electrons. The van der Waals surface area contributed by atoms with Crippen LogP contribution in [0.25, 0.3) is 22.2 Å². The number of anilines is 1. The lowest BCUT2D eigenvalue weighted by atomic mass is 9.75. The summed E-state index contributed by atoms with van der Waals surface area (Å²) in [7, 11) is 0. The first-order valence-corrected chi connectivity index (χ1v) is 14.8. The van der Waals surface area contributed by atoms with Gasteiger partial charge in [0.05, 0.1) is 23.8 Å². The number of carboxylic acids is 1. The van der Waals surface area contributed by atoms with E-state index >= 15 is 0 Å². The minimum Gasteiger partial charge on any atom is -0.478 e. The highest BCUT2D eigenvalue weighted by Crippen LogP contribution is 2.46. The Morgan fingerprint density at radius 1 is 1.14 bits per heavy atom. The van der Waals surface area contributed by atoms with Crippen molar-refractivity contribution in [1.29, 1.82) is 0 Å². The number of benzene rings is 2. The predicted octanol–water partition coefficient (Wildman–Crippen LogP) is 7.58. The van der Waals surface area contributed by atoms with Gasteiger partial charge in [-0.15, -0.1) is 13.2 Å². The fraction of sp³-hybridized carbons (Fsp3) is 0.438. The highest BCUT2D eigenvalue weighted by molar-refractivity contribution is 6.02. The summed E-state index contributed by atoms with van der Waals surface area (Å²) in [5, 5.41) is 17.6. The van der Waals surface area contributed by atoms with Crippen molar-refractivity contribution in [3.63, 3.8) is 0 Å². The normalized spacial score (nSPS) is 22.2. The molecule has 44 heavy (non-hydrogen) atoms. The molecule has 2 aromatic heterocycles. The maximum atomic E-state index is 13.1. The van der Waals surface area contributed by atoms with Crippen LogP contribution in [0, 0.1) is 11.8 Å². The molecule has 2 aromatic carbocycles. The second kappa shape index (κ2) is 12.1. The number of rotatable bonds is 10. The molecule has 2 N–H and O–H groups in total. The monoisotopic (exact) mass is 610 g/mol. The number of nitrogens with one attached hydrogen (secondary N) is 1. The molecule has 0 amide bonds. The van der Waals surface area contributed by atoms with Crippen molar-refractivity contribution in [1.82, 2.24) is 15.1 Å². The summed E-state index contributed by atoms with van der Waals surface area (Å²) in [5.74, 6) is 0.349. The fourth-order valence-electron chi connectivity index (χ4n) is 6.30. The van der Waals surface area contributed by atoms with Crippen molar-refractivity contribution in [3.05, 3.63) is 65.5 Å². The number of halogens is 3. The molecule has 4 atom stereocenters. The van der Waals surface area contributed by atoms with Gasteiger partial charge in [0.1, 0.15) is 17.2 Å². The second-order valence-electron chi connectivity index (χ2n) is 11.6. The molecular formula is C32H33F3N4O5. The van der Waals surface area contributed by atoms with Gasteiger partial charge >= 0.3 is 12.3 Å². The average Bonchev–Trinajstić information content (AvgIpc) is 3.75. The van der Waals surface area contributed by atoms with E-state index in [1.807, 2.05) is 0 Å². The molecule has 0 saturated heterocycles. The number of aromatic nitrogens is 3. The number of hydrogen-bond donors (Lipinski definition) is 2. The Hall–Kier alpha value is -4.19. The number of fused-ring (bicyclic) bond motifs is 1. The zero-order valence-corrected chi connectivity index (χ0v) is 24.3. The number of nitrogens with zero attached hydrogens (tertiary/aromatic N) is 3. The number of carboxylic acid groups (broad SMARTS) is 1. The van der Waals surface area contributed by atoms with Gasteiger partial charge in [0.25, 0.3) is 0 Å². The molecule has 0 aliphatic heterocycles. The Balaban J connectivity index is 1.18. The summed E-state index contributed by atoms with van der Waals surface area (Å²) in [6.07, 6.45) is 0.881. The van der Waals surface area contributed by atoms with Crippen LogP contribution >= 0.6 is 0 Å². The maximum Gasteiger partial charge on any atom is 0.573 e. The zero-order chi connectivity index (χ0) is 31.0. The Kier molecular flexibility index (Phi) is 8.19. The lowest BCUT2D eigenvalue weighted by molar-refractivity contribution is -0.274. The van der Waals surface area contributed by atoms with Crippen LogP contribution in [0.4, 0.5) is 19.1 Å². The molecule has 4 aromatic rings. The molecule has 0 bridgehead atoms. The van der Waals surface area contributed by atoms with Gasteiger partial charge in [0.2, 0.25) is 5.95 Å². The van der Waals surface area contributed by atoms with E-state index in [1.165, 1.54) is 18.2 Å². The van der Waals surface area contributed by atoms with E-state index in [2.05, 4.69) is 39.0 Å². The molecule has 12 heteroatoms. The van der Waals surface area contributed by atoms with E-state index in [9.17, 15) is 23.1 Å². The van der Waals surface area contributed by atoms with Gasteiger partial charge in [-0.05, 0) is 61.8 Å². The molecular weight excluding hydrogens is 577 g/mol. The number of ether oxygens (including phenoxy) is 2. The Labute approximate surface area is 251 Å². The fourth-order valence-corrected chi connectivity index (χ4v) is 6.30. The topological polar surface area (TPSA) is 120 Å². The van der Waals surface area contributed by atoms with E-state index < -0.39 is 12.3 Å². The summed E-state index contributed by atoms with van der Waals surface area (Å²) in [6, 6.07) is 11.0. The van der Waals surface area contributed by atoms with Crippen molar-refractivity contribution < 1.29 is 37.1 Å². The number of hydrogen-bond acceptors (Lipinski definition) is 8. The molecule has 9 nitrogen and oxygen atoms in total. The average molecular weight is 611 g/mol. The summed E-state index contributed by atoms with van der Waals surface area (Å²) >= 11 is 0. The first kappa shape index (κ1) is 29.9. The molecule has 2 aliphatic carbocycles. The van der Waals surface area contributed by atoms with Gasteiger partial charge in [-0.25, -0.2) is 14.8 Å². The largest absolute Gasteiger partial charge is 0.573 e. The first-order valence-electron chi connectivity index (χ1n) is 14.8. The third kappa shape index (κ3) is 6.35. The van der Waals surface area contributed by atoms with Crippen LogP contribution in [-0.4, -0.2) is 44.7 Å². The number of carbonyl (C=O) groups is 1. The van der Waals surface area contributed by atoms with Gasteiger partial charge < -0.3 is 24.4 Å². The minimum atomic E-state index is -4.84. The number of para-hydroxylation sites is 1. The van der Waals surface area contributed by atoms with Crippen molar-refractivity contribution in [2.24, 2.45) is 11.8 Å². The van der Waals surface area contributed by atoms with Crippen LogP contribution in [0.15, 0.2) is 53.2 Å². The summed E-state index contributed by atoms with van der Waals surface area (Å²) < 4.78 is 55.8. The third-order valence-corrected chi connectivity index (χ3v) is 8.60. The molecule has 4 unspecified atom stereocenters. The Bertz CT molecular complexity index is 1650. The van der Waals surface area contributed by atoms with Crippen molar-refractivity contribution in [2.75, 3.05) is 5.32 Å². The maximum absolute atomic E-state index is 13.1. The SMILES string of the molecule is CCC1CC(OCc2c(-c3ccccc3OC(F)(F)F)noc2C2CC2)CC(C)C1Nc1ncc2c(C(=O)O)cccc2n1. The predicted molar refractivity (Wildman–Crippen MR) is 155 cm³/mol. The zero-order valence-electron chi connectivity index (χ0n) is 24.3. The van der Waals surface area contributed by atoms with Crippen LogP contribution < -0.4 is 10.1 Å². The van der Waals surface area contributed by atoms with Gasteiger partial charge in [-0.2, -0.15) is 0 Å². The molecule has 6 rings (SSSR count). The van der Waals surface area contributed by atoms with E-state index in [1.54, 1.807) is 30.5 Å². The Morgan fingerprint density at radius 3 is 2.66 bits per heavy atom. The molecule has 2 heterocycles. The molecule has 2 fully saturated rings. The van der Waals surface area contributed by atoms with Crippen molar-refractivity contribution in [2.45, 2.75) is 77.0 Å². The highest BCUT2D eigenvalue weighted by atomic mass is 19.4. The van der Waals surface area contributed by atoms with Gasteiger partial charge in [0, 0.05) is 34.7 Å². The third-order valence-electron chi connectivity index (χ3n) is 8.60. The summed E-state index contributed by atoms with van der Waals surface area (Å²) in [5.41, 5.74) is 1.89. The number of alkyl halides is 3. The number of aromatic carboxylic acids is 1. The van der Waals surface area contributed by atoms with Crippen LogP contribution in [-0.2, 0) is 11.3 Å². The summed E-state index contributed by atoms with van der Waals surface area (Å²) in [6.45, 7) is 4.43. The van der Waals surface area contributed by atoms with E-state index in [-0.39, 0.29) is 53.4 Å². The molecule has 0 spiro atoms. The van der Waals surface area contributed by atoms with Gasteiger partial charge in [0.15, 0.2) is 0 Å².